The number of carboxylic acid groups (broad SMARTS) is 1. The van der Waals surface area contributed by atoms with Crippen molar-refractivity contribution >= 4 is 45.1 Å². The lowest BCUT2D eigenvalue weighted by Crippen LogP contribution is -2.25. The van der Waals surface area contributed by atoms with Gasteiger partial charge in [-0.2, -0.15) is 0 Å². The van der Waals surface area contributed by atoms with Crippen LogP contribution < -0.4 is 5.32 Å². The summed E-state index contributed by atoms with van der Waals surface area (Å²) in [6, 6.07) is 3.60. The predicted octanol–water partition coefficient (Wildman–Crippen LogP) is 3.07. The van der Waals surface area contributed by atoms with E-state index in [0.717, 1.165) is 6.07 Å². The molecule has 1 amide bonds. The van der Waals surface area contributed by atoms with E-state index in [1.807, 2.05) is 0 Å². The summed E-state index contributed by atoms with van der Waals surface area (Å²) in [6.07, 6.45) is 0.120. The molecule has 0 atom stereocenters. The van der Waals surface area contributed by atoms with Crippen molar-refractivity contribution in [3.63, 3.8) is 0 Å². The molecule has 20 heavy (non-hydrogen) atoms. The fourth-order valence-corrected chi connectivity index (χ4v) is 3.36. The number of rotatable bonds is 8. The minimum absolute atomic E-state index is 0.0750. The van der Waals surface area contributed by atoms with E-state index in [4.69, 9.17) is 16.7 Å². The van der Waals surface area contributed by atoms with Gasteiger partial charge in [0.2, 0.25) is 0 Å². The topological polar surface area (TPSA) is 66.4 Å². The largest absolute Gasteiger partial charge is 0.481 e. The third-order valence-corrected chi connectivity index (χ3v) is 4.85. The molecule has 0 aromatic heterocycles. The van der Waals surface area contributed by atoms with Gasteiger partial charge in [0.1, 0.15) is 5.82 Å². The van der Waals surface area contributed by atoms with E-state index in [-0.39, 0.29) is 22.9 Å². The van der Waals surface area contributed by atoms with Crippen molar-refractivity contribution < 1.29 is 19.1 Å². The molecule has 1 rings (SSSR count). The number of aliphatic carboxylic acids is 1. The highest BCUT2D eigenvalue weighted by molar-refractivity contribution is 8.76. The second kappa shape index (κ2) is 9.10. The Bertz CT molecular complexity index is 488. The van der Waals surface area contributed by atoms with Crippen molar-refractivity contribution in [2.75, 3.05) is 18.1 Å². The van der Waals surface area contributed by atoms with Crippen LogP contribution in [0.2, 0.25) is 5.02 Å². The number of hydrogen-bond donors (Lipinski definition) is 2. The molecule has 4 nitrogen and oxygen atoms in total. The van der Waals surface area contributed by atoms with Crippen LogP contribution in [0, 0.1) is 5.82 Å². The van der Waals surface area contributed by atoms with Gasteiger partial charge in [-0.05, 0) is 18.2 Å². The Labute approximate surface area is 128 Å². The Kier molecular flexibility index (Phi) is 7.79. The molecule has 0 heterocycles. The molecule has 110 valence electrons. The van der Waals surface area contributed by atoms with E-state index in [1.165, 1.54) is 33.7 Å². The van der Waals surface area contributed by atoms with Crippen LogP contribution in [0.1, 0.15) is 16.8 Å². The summed E-state index contributed by atoms with van der Waals surface area (Å²) < 4.78 is 12.8. The zero-order valence-corrected chi connectivity index (χ0v) is 12.8. The van der Waals surface area contributed by atoms with Gasteiger partial charge in [-0.25, -0.2) is 4.39 Å². The van der Waals surface area contributed by atoms with Gasteiger partial charge in [-0.1, -0.05) is 33.2 Å². The molecule has 0 fully saturated rings. The van der Waals surface area contributed by atoms with Crippen LogP contribution in [0.25, 0.3) is 0 Å². The van der Waals surface area contributed by atoms with Gasteiger partial charge in [-0.15, -0.1) is 0 Å². The monoisotopic (exact) mass is 337 g/mol. The second-order valence-corrected chi connectivity index (χ2v) is 6.78. The summed E-state index contributed by atoms with van der Waals surface area (Å²) >= 11 is 5.77. The van der Waals surface area contributed by atoms with Crippen LogP contribution in [0.15, 0.2) is 18.2 Å². The molecule has 0 saturated heterocycles. The zero-order chi connectivity index (χ0) is 15.0. The highest BCUT2D eigenvalue weighted by atomic mass is 35.5. The van der Waals surface area contributed by atoms with Gasteiger partial charge >= 0.3 is 5.97 Å². The van der Waals surface area contributed by atoms with Crippen molar-refractivity contribution in [1.82, 2.24) is 5.32 Å². The molecule has 0 saturated carbocycles. The Morgan fingerprint density at radius 2 is 2.00 bits per heavy atom. The van der Waals surface area contributed by atoms with Crippen molar-refractivity contribution in [3.8, 4) is 0 Å². The maximum absolute atomic E-state index is 12.8. The fraction of sp³-hybridized carbons (Fsp3) is 0.333. The van der Waals surface area contributed by atoms with Gasteiger partial charge < -0.3 is 10.4 Å². The molecular formula is C12H13ClFNO3S2. The second-order valence-electron chi connectivity index (χ2n) is 3.67. The van der Waals surface area contributed by atoms with Crippen LogP contribution >= 0.6 is 33.2 Å². The number of hydrogen-bond acceptors (Lipinski definition) is 4. The first-order valence-electron chi connectivity index (χ1n) is 5.70. The molecule has 0 spiro atoms. The third-order valence-electron chi connectivity index (χ3n) is 2.13. The summed E-state index contributed by atoms with van der Waals surface area (Å²) in [4.78, 5) is 22.0. The van der Waals surface area contributed by atoms with E-state index < -0.39 is 11.8 Å². The molecule has 1 aromatic carbocycles. The molecule has 0 unspecified atom stereocenters. The lowest BCUT2D eigenvalue weighted by molar-refractivity contribution is -0.136. The van der Waals surface area contributed by atoms with Crippen molar-refractivity contribution in [2.45, 2.75) is 6.42 Å². The quantitative estimate of drug-likeness (QED) is 0.563. The summed E-state index contributed by atoms with van der Waals surface area (Å²) in [7, 11) is 2.93. The molecule has 0 aliphatic carbocycles. The number of benzene rings is 1. The molecular weight excluding hydrogens is 325 g/mol. The number of halogens is 2. The average molecular weight is 338 g/mol. The molecule has 0 aliphatic rings. The number of nitrogens with one attached hydrogen (secondary N) is 1. The van der Waals surface area contributed by atoms with E-state index in [2.05, 4.69) is 5.32 Å². The molecule has 8 heteroatoms. The minimum atomic E-state index is -0.822. The number of carbonyl (C=O) groups excluding carboxylic acids is 1. The lowest BCUT2D eigenvalue weighted by atomic mass is 10.2. The van der Waals surface area contributed by atoms with E-state index in [0.29, 0.717) is 18.1 Å². The van der Waals surface area contributed by atoms with Crippen molar-refractivity contribution in [1.29, 1.82) is 0 Å². The molecule has 2 N–H and O–H groups in total. The van der Waals surface area contributed by atoms with Gasteiger partial charge in [0, 0.05) is 18.1 Å². The standard InChI is InChI=1S/C12H13ClFNO3S2/c13-10-7-8(14)1-2-9(10)12(18)15-4-6-20-19-5-3-11(16)17/h1-2,7H,3-6H2,(H,15,18)(H,16,17). The Morgan fingerprint density at radius 3 is 2.65 bits per heavy atom. The van der Waals surface area contributed by atoms with Crippen molar-refractivity contribution in [2.24, 2.45) is 0 Å². The Balaban J connectivity index is 2.22. The first kappa shape index (κ1) is 17.1. The summed E-state index contributed by atoms with van der Waals surface area (Å²) in [5, 5.41) is 11.2. The van der Waals surface area contributed by atoms with Crippen LogP contribution in [0.4, 0.5) is 4.39 Å². The highest BCUT2D eigenvalue weighted by Crippen LogP contribution is 2.21. The summed E-state index contributed by atoms with van der Waals surface area (Å²) in [6.45, 7) is 0.428. The number of amides is 1. The van der Waals surface area contributed by atoms with E-state index in [1.54, 1.807) is 0 Å². The van der Waals surface area contributed by atoms with Crippen LogP contribution in [-0.2, 0) is 4.79 Å². The van der Waals surface area contributed by atoms with Crippen LogP contribution in [0.5, 0.6) is 0 Å². The first-order valence-corrected chi connectivity index (χ1v) is 8.56. The predicted molar refractivity (Wildman–Crippen MR) is 80.9 cm³/mol. The third kappa shape index (κ3) is 6.49. The fourth-order valence-electron chi connectivity index (χ4n) is 1.22. The van der Waals surface area contributed by atoms with Gasteiger partial charge in [0.25, 0.3) is 5.91 Å². The Morgan fingerprint density at radius 1 is 1.30 bits per heavy atom. The van der Waals surface area contributed by atoms with E-state index >= 15 is 0 Å². The van der Waals surface area contributed by atoms with Gasteiger partial charge in [-0.3, -0.25) is 9.59 Å². The lowest BCUT2D eigenvalue weighted by Gasteiger charge is -2.06. The summed E-state index contributed by atoms with van der Waals surface area (Å²) in [5.74, 6) is -0.493. The minimum Gasteiger partial charge on any atom is -0.481 e. The first-order chi connectivity index (χ1) is 9.50. The SMILES string of the molecule is O=C(O)CCSSCCNC(=O)c1ccc(F)cc1Cl. The van der Waals surface area contributed by atoms with Crippen LogP contribution in [-0.4, -0.2) is 35.0 Å². The van der Waals surface area contributed by atoms with Gasteiger partial charge in [0.05, 0.1) is 17.0 Å². The van der Waals surface area contributed by atoms with E-state index in [9.17, 15) is 14.0 Å². The van der Waals surface area contributed by atoms with Crippen molar-refractivity contribution in [3.05, 3.63) is 34.6 Å². The molecule has 0 radical (unpaired) electrons. The zero-order valence-electron chi connectivity index (χ0n) is 10.4. The molecule has 0 aliphatic heterocycles. The normalized spacial score (nSPS) is 10.3. The number of carbonyl (C=O) groups is 2. The number of carboxylic acids is 1. The molecule has 0 bridgehead atoms. The average Bonchev–Trinajstić information content (AvgIpc) is 2.37. The van der Waals surface area contributed by atoms with Gasteiger partial charge in [0.15, 0.2) is 0 Å². The summed E-state index contributed by atoms with van der Waals surface area (Å²) in [5.41, 5.74) is 0.233. The smallest absolute Gasteiger partial charge is 0.304 e. The molecule has 1 aromatic rings. The Hall–Kier alpha value is -0.920. The maximum atomic E-state index is 12.8. The maximum Gasteiger partial charge on any atom is 0.304 e. The highest BCUT2D eigenvalue weighted by Gasteiger charge is 2.10. The van der Waals surface area contributed by atoms with Crippen LogP contribution in [0.3, 0.4) is 0 Å².